The Kier molecular flexibility index (Phi) is 15.8. The maximum absolute atomic E-state index is 14.0. The van der Waals surface area contributed by atoms with Crippen molar-refractivity contribution in [3.63, 3.8) is 0 Å². The highest BCUT2D eigenvalue weighted by Crippen LogP contribution is 2.32. The molecule has 0 aliphatic carbocycles. The topological polar surface area (TPSA) is 140 Å². The molecule has 0 spiro atoms. The van der Waals surface area contributed by atoms with Gasteiger partial charge in [-0.2, -0.15) is 0 Å². The van der Waals surface area contributed by atoms with Crippen LogP contribution in [-0.4, -0.2) is 66.4 Å². The van der Waals surface area contributed by atoms with Crippen molar-refractivity contribution in [2.24, 2.45) is 11.8 Å². The Morgan fingerprint density at radius 2 is 1.57 bits per heavy atom. The van der Waals surface area contributed by atoms with Gasteiger partial charge in [0, 0.05) is 24.8 Å². The van der Waals surface area contributed by atoms with Crippen molar-refractivity contribution in [3.8, 4) is 5.75 Å². The monoisotopic (exact) mass is 766 g/mol. The van der Waals surface area contributed by atoms with Crippen molar-refractivity contribution in [2.45, 2.75) is 88.6 Å². The number of alkyl halides is 1. The Bertz CT molecular complexity index is 1700. The summed E-state index contributed by atoms with van der Waals surface area (Å²) in [6.07, 6.45) is -0.318. The van der Waals surface area contributed by atoms with Crippen molar-refractivity contribution in [1.29, 1.82) is 0 Å². The van der Waals surface area contributed by atoms with Gasteiger partial charge < -0.3 is 30.0 Å². The van der Waals surface area contributed by atoms with Gasteiger partial charge in [0.1, 0.15) is 17.9 Å². The number of carbonyl (C=O) groups excluding carboxylic acids is 4. The summed E-state index contributed by atoms with van der Waals surface area (Å²) >= 11 is 13.1. The van der Waals surface area contributed by atoms with Crippen LogP contribution in [0.4, 0.5) is 0 Å². The Morgan fingerprint density at radius 1 is 0.887 bits per heavy atom. The number of hydrogen-bond donors (Lipinski definition) is 3. The molecule has 3 aromatic rings. The molecule has 0 bridgehead atoms. The van der Waals surface area contributed by atoms with Crippen molar-refractivity contribution < 1.29 is 38.5 Å². The van der Waals surface area contributed by atoms with Gasteiger partial charge in [-0.15, -0.1) is 11.6 Å². The lowest BCUT2D eigenvalue weighted by Gasteiger charge is -2.31. The van der Waals surface area contributed by atoms with E-state index < -0.39 is 65.4 Å². The van der Waals surface area contributed by atoms with Crippen LogP contribution in [-0.2, 0) is 41.5 Å². The van der Waals surface area contributed by atoms with E-state index >= 15 is 0 Å². The molecule has 10 nitrogen and oxygen atoms in total. The predicted molar refractivity (Wildman–Crippen MR) is 204 cm³/mol. The maximum Gasteiger partial charge on any atom is 0.347 e. The molecule has 0 saturated carbocycles. The molecule has 1 aliphatic rings. The highest BCUT2D eigenvalue weighted by Gasteiger charge is 2.36. The van der Waals surface area contributed by atoms with Gasteiger partial charge >= 0.3 is 11.9 Å². The van der Waals surface area contributed by atoms with Crippen LogP contribution in [0.5, 0.6) is 5.75 Å². The zero-order valence-corrected chi connectivity index (χ0v) is 31.9. The van der Waals surface area contributed by atoms with E-state index in [1.807, 2.05) is 62.4 Å². The van der Waals surface area contributed by atoms with E-state index in [1.54, 1.807) is 37.3 Å². The molecule has 1 aliphatic heterocycles. The fourth-order valence-corrected chi connectivity index (χ4v) is 6.78. The quantitative estimate of drug-likeness (QED) is 0.153. The minimum Gasteiger partial charge on any atom is -0.495 e. The maximum atomic E-state index is 14.0. The highest BCUT2D eigenvalue weighted by molar-refractivity contribution is 6.32. The van der Waals surface area contributed by atoms with Crippen LogP contribution in [0.25, 0.3) is 0 Å². The normalized spacial score (nSPS) is 22.8. The smallest absolute Gasteiger partial charge is 0.347 e. The average Bonchev–Trinajstić information content (AvgIpc) is 3.13. The number of carbonyl (C=O) groups is 4. The summed E-state index contributed by atoms with van der Waals surface area (Å²) in [4.78, 5) is 54.6. The lowest BCUT2D eigenvalue weighted by molar-refractivity contribution is -0.176. The van der Waals surface area contributed by atoms with Crippen LogP contribution in [0.2, 0.25) is 5.02 Å². The zero-order chi connectivity index (χ0) is 38.5. The van der Waals surface area contributed by atoms with Crippen molar-refractivity contribution in [2.75, 3.05) is 7.11 Å². The van der Waals surface area contributed by atoms with Gasteiger partial charge in [-0.05, 0) is 53.7 Å². The van der Waals surface area contributed by atoms with Gasteiger partial charge in [-0.1, -0.05) is 105 Å². The molecule has 0 radical (unpaired) electrons. The second-order valence-electron chi connectivity index (χ2n) is 13.7. The molecule has 0 unspecified atom stereocenters. The molecular weight excluding hydrogens is 719 g/mol. The Labute approximate surface area is 321 Å². The number of benzene rings is 3. The van der Waals surface area contributed by atoms with E-state index in [4.69, 9.17) is 37.4 Å². The standard InChI is InChI=1S/C41H48Cl2N2O8/c1-25(2)20-35-41(50)53-33(26(3)39(48)38(43)29-14-9-6-10-15-29)16-11-17-36(46)45-32(23-28-18-19-34(51-4)31(42)22-28)40(49)44-30(24-37(47)52-35)21-27-12-7-5-8-13-27/h5-15,17-19,22,25-26,30,32-33,35,38-39,48H,16,20-21,23-24H2,1-4H3,(H,44,49)(H,45,46)/b17-11+/t26-,30+,32+,33-,35-,38-,39+/m0/s1. The van der Waals surface area contributed by atoms with Gasteiger partial charge in [0.25, 0.3) is 0 Å². The minimum atomic E-state index is -1.25. The molecular formula is C41H48Cl2N2O8. The molecule has 4 rings (SSSR count). The second-order valence-corrected chi connectivity index (χ2v) is 14.6. The summed E-state index contributed by atoms with van der Waals surface area (Å²) < 4.78 is 17.0. The fraction of sp³-hybridized carbons (Fsp3) is 0.415. The molecule has 3 aromatic carbocycles. The van der Waals surface area contributed by atoms with E-state index in [0.717, 1.165) is 5.56 Å². The minimum absolute atomic E-state index is 0.0161. The second kappa shape index (κ2) is 20.2. The fourth-order valence-electron chi connectivity index (χ4n) is 6.13. The van der Waals surface area contributed by atoms with Crippen molar-refractivity contribution >= 4 is 47.0 Å². The van der Waals surface area contributed by atoms with Gasteiger partial charge in [-0.25, -0.2) is 4.79 Å². The van der Waals surface area contributed by atoms with E-state index in [0.29, 0.717) is 21.9 Å². The first-order chi connectivity index (χ1) is 25.3. The average molecular weight is 768 g/mol. The van der Waals surface area contributed by atoms with E-state index in [9.17, 15) is 24.3 Å². The summed E-state index contributed by atoms with van der Waals surface area (Å²) in [5.74, 6) is -2.90. The van der Waals surface area contributed by atoms with Crippen LogP contribution < -0.4 is 15.4 Å². The first-order valence-electron chi connectivity index (χ1n) is 17.7. The predicted octanol–water partition coefficient (Wildman–Crippen LogP) is 6.30. The lowest BCUT2D eigenvalue weighted by Crippen LogP contribution is -2.51. The van der Waals surface area contributed by atoms with Crippen molar-refractivity contribution in [3.05, 3.63) is 113 Å². The number of esters is 2. The van der Waals surface area contributed by atoms with Crippen molar-refractivity contribution in [1.82, 2.24) is 10.6 Å². The number of rotatable bonds is 11. The molecule has 7 atom stereocenters. The van der Waals surface area contributed by atoms with Crippen LogP contribution in [0.1, 0.15) is 62.1 Å². The Hall–Kier alpha value is -4.38. The summed E-state index contributed by atoms with van der Waals surface area (Å²) in [7, 11) is 1.50. The first kappa shape index (κ1) is 41.4. The number of amides is 2. The van der Waals surface area contributed by atoms with E-state index in [2.05, 4.69) is 10.6 Å². The third-order valence-corrected chi connectivity index (χ3v) is 9.85. The third-order valence-electron chi connectivity index (χ3n) is 9.04. The molecule has 0 aromatic heterocycles. The Balaban J connectivity index is 1.68. The number of hydrogen-bond acceptors (Lipinski definition) is 8. The largest absolute Gasteiger partial charge is 0.495 e. The SMILES string of the molecule is COc1ccc(C[C@H]2NC(=O)/C=C/C[C@@H]([C@H](C)[C@@H](O)[C@@H](Cl)c3ccccc3)OC(=O)[C@H](CC(C)C)OC(=O)C[C@@H](Cc3ccccc3)NC2=O)cc1Cl. The van der Waals surface area contributed by atoms with Crippen LogP contribution in [0.15, 0.2) is 91.0 Å². The first-order valence-corrected chi connectivity index (χ1v) is 18.6. The number of halogens is 2. The molecule has 0 fully saturated rings. The number of aliphatic hydroxyl groups excluding tert-OH is 1. The number of nitrogens with one attached hydrogen (secondary N) is 2. The third kappa shape index (κ3) is 12.6. The van der Waals surface area contributed by atoms with Crippen LogP contribution in [0, 0.1) is 11.8 Å². The summed E-state index contributed by atoms with van der Waals surface area (Å²) in [6, 6.07) is 21.6. The molecule has 0 saturated heterocycles. The van der Waals surface area contributed by atoms with E-state index in [1.165, 1.54) is 19.3 Å². The Morgan fingerprint density at radius 3 is 2.21 bits per heavy atom. The number of aliphatic hydroxyl groups is 1. The molecule has 12 heteroatoms. The van der Waals surface area contributed by atoms with Crippen LogP contribution >= 0.6 is 23.2 Å². The van der Waals surface area contributed by atoms with Gasteiger partial charge in [0.05, 0.1) is 30.0 Å². The highest BCUT2D eigenvalue weighted by atomic mass is 35.5. The summed E-state index contributed by atoms with van der Waals surface area (Å²) in [6.45, 7) is 5.47. The molecule has 284 valence electrons. The lowest BCUT2D eigenvalue weighted by atomic mass is 9.90. The zero-order valence-electron chi connectivity index (χ0n) is 30.4. The number of ether oxygens (including phenoxy) is 3. The number of cyclic esters (lactones) is 2. The van der Waals surface area contributed by atoms with Crippen LogP contribution in [0.3, 0.4) is 0 Å². The molecule has 1 heterocycles. The summed E-state index contributed by atoms with van der Waals surface area (Å²) in [5, 5.41) is 16.6. The number of methoxy groups -OCH3 is 1. The molecule has 3 N–H and O–H groups in total. The van der Waals surface area contributed by atoms with E-state index in [-0.39, 0.29) is 38.0 Å². The molecule has 53 heavy (non-hydrogen) atoms. The molecule has 2 amide bonds. The van der Waals surface area contributed by atoms with Gasteiger partial charge in [0.15, 0.2) is 6.10 Å². The summed E-state index contributed by atoms with van der Waals surface area (Å²) in [5.41, 5.74) is 2.20. The van der Waals surface area contributed by atoms with Gasteiger partial charge in [-0.3, -0.25) is 14.4 Å². The van der Waals surface area contributed by atoms with Gasteiger partial charge in [0.2, 0.25) is 11.8 Å².